The first-order chi connectivity index (χ1) is 14.0. The molecule has 2 heterocycles. The molecule has 1 N–H and O–H groups in total. The molecule has 1 amide bonds. The summed E-state index contributed by atoms with van der Waals surface area (Å²) in [5.74, 6) is 0.564. The Balaban J connectivity index is 1.46. The summed E-state index contributed by atoms with van der Waals surface area (Å²) in [6.07, 6.45) is 2.06. The van der Waals surface area contributed by atoms with Crippen molar-refractivity contribution in [1.82, 2.24) is 14.9 Å². The number of benzene rings is 2. The van der Waals surface area contributed by atoms with Crippen molar-refractivity contribution in [2.24, 2.45) is 0 Å². The van der Waals surface area contributed by atoms with Crippen LogP contribution in [0.1, 0.15) is 29.0 Å². The molecule has 2 aromatic carbocycles. The molecule has 8 heteroatoms. The van der Waals surface area contributed by atoms with Gasteiger partial charge in [-0.25, -0.2) is 4.98 Å². The van der Waals surface area contributed by atoms with Crippen LogP contribution in [-0.2, 0) is 6.54 Å². The van der Waals surface area contributed by atoms with Gasteiger partial charge < -0.3 is 14.8 Å². The zero-order chi connectivity index (χ0) is 20.4. The second-order valence-corrected chi connectivity index (χ2v) is 7.21. The molecule has 0 bridgehead atoms. The SMILES string of the molecule is Cc1nc2ccccc2n1CCNC(=O)c1ccc(N2CCCC2)c([N+](=O)[O-])c1. The Labute approximate surface area is 168 Å². The molecule has 1 aromatic heterocycles. The van der Waals surface area contributed by atoms with Gasteiger partial charge in [0.15, 0.2) is 0 Å². The first kappa shape index (κ1) is 18.9. The highest BCUT2D eigenvalue weighted by molar-refractivity contribution is 5.95. The van der Waals surface area contributed by atoms with Crippen LogP contribution in [0, 0.1) is 17.0 Å². The fourth-order valence-corrected chi connectivity index (χ4v) is 3.90. The summed E-state index contributed by atoms with van der Waals surface area (Å²) in [7, 11) is 0. The number of amides is 1. The van der Waals surface area contributed by atoms with Crippen molar-refractivity contribution >= 4 is 28.3 Å². The Hall–Kier alpha value is -3.42. The number of rotatable bonds is 6. The highest BCUT2D eigenvalue weighted by Gasteiger charge is 2.23. The number of carbonyl (C=O) groups is 1. The minimum atomic E-state index is -0.411. The van der Waals surface area contributed by atoms with E-state index in [1.165, 1.54) is 6.07 Å². The first-order valence-corrected chi connectivity index (χ1v) is 9.78. The number of para-hydroxylation sites is 2. The molecule has 0 atom stereocenters. The molecule has 0 spiro atoms. The number of anilines is 1. The van der Waals surface area contributed by atoms with Crippen LogP contribution in [-0.4, -0.2) is 40.0 Å². The first-order valence-electron chi connectivity index (χ1n) is 9.78. The minimum Gasteiger partial charge on any atom is -0.366 e. The Morgan fingerprint density at radius 2 is 1.97 bits per heavy atom. The quantitative estimate of drug-likeness (QED) is 0.512. The average molecular weight is 393 g/mol. The molecule has 150 valence electrons. The molecular formula is C21H23N5O3. The molecule has 8 nitrogen and oxygen atoms in total. The van der Waals surface area contributed by atoms with Gasteiger partial charge in [0.05, 0.1) is 16.0 Å². The van der Waals surface area contributed by atoms with Crippen LogP contribution >= 0.6 is 0 Å². The standard InChI is InChI=1S/C21H23N5O3/c1-15-23-17-6-2-3-7-18(17)25(15)13-10-22-21(27)16-8-9-19(20(14-16)26(28)29)24-11-4-5-12-24/h2-3,6-9,14H,4-5,10-13H2,1H3,(H,22,27). The van der Waals surface area contributed by atoms with Crippen molar-refractivity contribution in [3.8, 4) is 0 Å². The molecule has 0 unspecified atom stereocenters. The third-order valence-electron chi connectivity index (χ3n) is 5.35. The highest BCUT2D eigenvalue weighted by atomic mass is 16.6. The van der Waals surface area contributed by atoms with E-state index in [1.807, 2.05) is 36.1 Å². The number of hydrogen-bond donors (Lipinski definition) is 1. The lowest BCUT2D eigenvalue weighted by molar-refractivity contribution is -0.384. The summed E-state index contributed by atoms with van der Waals surface area (Å²) in [5, 5.41) is 14.4. The summed E-state index contributed by atoms with van der Waals surface area (Å²) in [6.45, 7) is 4.53. The monoisotopic (exact) mass is 393 g/mol. The zero-order valence-electron chi connectivity index (χ0n) is 16.3. The topological polar surface area (TPSA) is 93.3 Å². The van der Waals surface area contributed by atoms with E-state index in [4.69, 9.17) is 0 Å². The van der Waals surface area contributed by atoms with Gasteiger partial charge in [-0.3, -0.25) is 14.9 Å². The summed E-state index contributed by atoms with van der Waals surface area (Å²) in [5.41, 5.74) is 2.81. The van der Waals surface area contributed by atoms with Gasteiger partial charge in [0.25, 0.3) is 11.6 Å². The molecule has 1 saturated heterocycles. The van der Waals surface area contributed by atoms with Crippen molar-refractivity contribution in [2.45, 2.75) is 26.3 Å². The number of aromatic nitrogens is 2. The van der Waals surface area contributed by atoms with Crippen molar-refractivity contribution in [3.05, 3.63) is 64.0 Å². The van der Waals surface area contributed by atoms with Crippen LogP contribution in [0.2, 0.25) is 0 Å². The van der Waals surface area contributed by atoms with Gasteiger partial charge in [-0.1, -0.05) is 12.1 Å². The fourth-order valence-electron chi connectivity index (χ4n) is 3.90. The van der Waals surface area contributed by atoms with E-state index in [0.29, 0.717) is 24.3 Å². The van der Waals surface area contributed by atoms with Crippen molar-refractivity contribution in [2.75, 3.05) is 24.5 Å². The van der Waals surface area contributed by atoms with E-state index in [0.717, 1.165) is 42.8 Å². The number of fused-ring (bicyclic) bond motifs is 1. The maximum absolute atomic E-state index is 12.6. The number of nitro groups is 1. The smallest absolute Gasteiger partial charge is 0.293 e. The van der Waals surface area contributed by atoms with Gasteiger partial charge in [-0.2, -0.15) is 0 Å². The molecule has 1 fully saturated rings. The highest BCUT2D eigenvalue weighted by Crippen LogP contribution is 2.31. The third-order valence-corrected chi connectivity index (χ3v) is 5.35. The number of nitro benzene ring substituents is 1. The number of nitrogens with zero attached hydrogens (tertiary/aromatic N) is 4. The molecule has 4 rings (SSSR count). The Kier molecular flexibility index (Phi) is 5.16. The molecule has 0 radical (unpaired) electrons. The lowest BCUT2D eigenvalue weighted by atomic mass is 10.1. The largest absolute Gasteiger partial charge is 0.366 e. The van der Waals surface area contributed by atoms with Crippen LogP contribution in [0.15, 0.2) is 42.5 Å². The molecule has 29 heavy (non-hydrogen) atoms. The number of hydrogen-bond acceptors (Lipinski definition) is 5. The second-order valence-electron chi connectivity index (χ2n) is 7.21. The predicted octanol–water partition coefficient (Wildman–Crippen LogP) is 3.28. The maximum Gasteiger partial charge on any atom is 0.293 e. The van der Waals surface area contributed by atoms with E-state index >= 15 is 0 Å². The van der Waals surface area contributed by atoms with E-state index in [-0.39, 0.29) is 11.6 Å². The summed E-state index contributed by atoms with van der Waals surface area (Å²) >= 11 is 0. The van der Waals surface area contributed by atoms with E-state index in [2.05, 4.69) is 14.9 Å². The molecule has 3 aromatic rings. The van der Waals surface area contributed by atoms with E-state index in [9.17, 15) is 14.9 Å². The Morgan fingerprint density at radius 1 is 1.21 bits per heavy atom. The number of imidazole rings is 1. The molecule has 0 saturated carbocycles. The summed E-state index contributed by atoms with van der Waals surface area (Å²) in [6, 6.07) is 12.6. The van der Waals surface area contributed by atoms with Crippen LogP contribution < -0.4 is 10.2 Å². The number of aryl methyl sites for hydroxylation is 1. The van der Waals surface area contributed by atoms with Gasteiger partial charge in [-0.15, -0.1) is 0 Å². The summed E-state index contributed by atoms with van der Waals surface area (Å²) in [4.78, 5) is 30.2. The normalized spacial score (nSPS) is 13.8. The minimum absolute atomic E-state index is 0.0176. The van der Waals surface area contributed by atoms with Crippen LogP contribution in [0.5, 0.6) is 0 Å². The molecular weight excluding hydrogens is 370 g/mol. The van der Waals surface area contributed by atoms with Gasteiger partial charge >= 0.3 is 0 Å². The van der Waals surface area contributed by atoms with Gasteiger partial charge in [-0.05, 0) is 44.0 Å². The van der Waals surface area contributed by atoms with E-state index < -0.39 is 4.92 Å². The maximum atomic E-state index is 12.6. The van der Waals surface area contributed by atoms with Gasteiger partial charge in [0.1, 0.15) is 11.5 Å². The van der Waals surface area contributed by atoms with Crippen LogP contribution in [0.25, 0.3) is 11.0 Å². The lowest BCUT2D eigenvalue weighted by Gasteiger charge is -2.17. The van der Waals surface area contributed by atoms with E-state index in [1.54, 1.807) is 12.1 Å². The average Bonchev–Trinajstić information content (AvgIpc) is 3.35. The summed E-state index contributed by atoms with van der Waals surface area (Å²) < 4.78 is 2.05. The number of carbonyl (C=O) groups excluding carboxylic acids is 1. The molecule has 1 aliphatic rings. The van der Waals surface area contributed by atoms with Gasteiger partial charge in [0.2, 0.25) is 0 Å². The van der Waals surface area contributed by atoms with Crippen molar-refractivity contribution < 1.29 is 9.72 Å². The Bertz CT molecular complexity index is 1070. The van der Waals surface area contributed by atoms with Gasteiger partial charge in [0, 0.05) is 37.8 Å². The Morgan fingerprint density at radius 3 is 2.72 bits per heavy atom. The van der Waals surface area contributed by atoms with Crippen molar-refractivity contribution in [1.29, 1.82) is 0 Å². The zero-order valence-corrected chi connectivity index (χ0v) is 16.3. The van der Waals surface area contributed by atoms with Crippen LogP contribution in [0.3, 0.4) is 0 Å². The lowest BCUT2D eigenvalue weighted by Crippen LogP contribution is -2.27. The molecule has 1 aliphatic heterocycles. The molecule has 0 aliphatic carbocycles. The number of nitrogens with one attached hydrogen (secondary N) is 1. The van der Waals surface area contributed by atoms with Crippen LogP contribution in [0.4, 0.5) is 11.4 Å². The second kappa shape index (κ2) is 7.90. The fraction of sp³-hybridized carbons (Fsp3) is 0.333. The third kappa shape index (κ3) is 3.78. The predicted molar refractivity (Wildman–Crippen MR) is 111 cm³/mol. The van der Waals surface area contributed by atoms with Crippen molar-refractivity contribution in [3.63, 3.8) is 0 Å².